The molecule has 2 aromatic heterocycles. The first-order chi connectivity index (χ1) is 13.5. The van der Waals surface area contributed by atoms with Crippen LogP contribution in [0.5, 0.6) is 0 Å². The number of nitrogens with one attached hydrogen (secondary N) is 1. The Balaban J connectivity index is 1.40. The van der Waals surface area contributed by atoms with E-state index in [4.69, 9.17) is 5.84 Å². The van der Waals surface area contributed by atoms with Crippen LogP contribution in [0.1, 0.15) is 41.4 Å². The lowest BCUT2D eigenvalue weighted by atomic mass is 9.88. The zero-order chi connectivity index (χ0) is 19.7. The van der Waals surface area contributed by atoms with Crippen molar-refractivity contribution in [3.05, 3.63) is 52.8 Å². The van der Waals surface area contributed by atoms with Crippen molar-refractivity contribution >= 4 is 17.7 Å². The molecule has 0 unspecified atom stereocenters. The van der Waals surface area contributed by atoms with E-state index in [9.17, 15) is 4.79 Å². The smallest absolute Gasteiger partial charge is 0.271 e. The van der Waals surface area contributed by atoms with Gasteiger partial charge >= 0.3 is 0 Å². The number of hydrogen-bond acceptors (Lipinski definition) is 6. The molecule has 1 aliphatic carbocycles. The second-order valence-corrected chi connectivity index (χ2v) is 7.93. The van der Waals surface area contributed by atoms with E-state index in [-0.39, 0.29) is 17.7 Å². The molecule has 0 saturated carbocycles. The summed E-state index contributed by atoms with van der Waals surface area (Å²) < 4.78 is 3.01. The maximum atomic E-state index is 12.5. The van der Waals surface area contributed by atoms with Crippen LogP contribution in [0.3, 0.4) is 0 Å². The molecular weight excluding hydrogens is 374 g/mol. The highest BCUT2D eigenvalue weighted by atomic mass is 32.2. The van der Waals surface area contributed by atoms with E-state index in [0.717, 1.165) is 30.7 Å². The Kier molecular flexibility index (Phi) is 5.08. The first-order valence-corrected chi connectivity index (χ1v) is 10.3. The molecule has 4 rings (SSSR count). The summed E-state index contributed by atoms with van der Waals surface area (Å²) in [6, 6.07) is 10.3. The first-order valence-electron chi connectivity index (χ1n) is 9.27. The van der Waals surface area contributed by atoms with Crippen LogP contribution in [0.4, 0.5) is 0 Å². The number of nitrogen functional groups attached to an aromatic ring is 1. The average Bonchev–Trinajstić information content (AvgIpc) is 3.21. The van der Waals surface area contributed by atoms with Gasteiger partial charge in [-0.1, -0.05) is 36.0 Å². The van der Waals surface area contributed by atoms with Crippen molar-refractivity contribution in [2.75, 3.05) is 11.6 Å². The molecule has 0 spiro atoms. The Morgan fingerprint density at radius 2 is 2.14 bits per heavy atom. The number of carbonyl (C=O) groups is 1. The van der Waals surface area contributed by atoms with E-state index in [1.807, 2.05) is 32.0 Å². The number of hydrogen-bond donors (Lipinski definition) is 2. The molecule has 146 valence electrons. The maximum Gasteiger partial charge on any atom is 0.271 e. The van der Waals surface area contributed by atoms with Gasteiger partial charge in [-0.25, -0.2) is 9.36 Å². The lowest BCUT2D eigenvalue weighted by molar-refractivity contribution is -0.119. The molecule has 0 aliphatic heterocycles. The van der Waals surface area contributed by atoms with Crippen molar-refractivity contribution in [2.24, 2.45) is 0 Å². The molecule has 3 N–H and O–H groups in total. The summed E-state index contributed by atoms with van der Waals surface area (Å²) in [5, 5.41) is 16.2. The lowest BCUT2D eigenvalue weighted by Crippen LogP contribution is -2.32. The average molecular weight is 398 g/mol. The minimum atomic E-state index is -0.0395. The molecule has 3 aromatic rings. The minimum absolute atomic E-state index is 0.0395. The second kappa shape index (κ2) is 7.67. The topological polar surface area (TPSA) is 104 Å². The van der Waals surface area contributed by atoms with Crippen LogP contribution < -0.4 is 11.2 Å². The molecule has 1 amide bonds. The summed E-state index contributed by atoms with van der Waals surface area (Å²) in [5.41, 5.74) is 4.34. The van der Waals surface area contributed by atoms with Crippen molar-refractivity contribution in [1.82, 2.24) is 30.0 Å². The highest BCUT2D eigenvalue weighted by Crippen LogP contribution is 2.29. The molecule has 9 heteroatoms. The number of fused-ring (bicyclic) bond motifs is 1. The summed E-state index contributed by atoms with van der Waals surface area (Å²) in [6.07, 6.45) is 3.11. The van der Waals surface area contributed by atoms with Gasteiger partial charge in [-0.3, -0.25) is 4.79 Å². The van der Waals surface area contributed by atoms with Crippen molar-refractivity contribution in [2.45, 2.75) is 44.3 Å². The van der Waals surface area contributed by atoms with Gasteiger partial charge in [0.15, 0.2) is 0 Å². The van der Waals surface area contributed by atoms with Crippen LogP contribution in [0.2, 0.25) is 0 Å². The molecule has 0 radical (unpaired) electrons. The van der Waals surface area contributed by atoms with Gasteiger partial charge in [0.25, 0.3) is 5.95 Å². The number of carbonyl (C=O) groups excluding carboxylic acids is 1. The van der Waals surface area contributed by atoms with Crippen molar-refractivity contribution < 1.29 is 4.79 Å². The quantitative estimate of drug-likeness (QED) is 0.505. The molecular formula is C19H23N7OS. The van der Waals surface area contributed by atoms with Gasteiger partial charge in [-0.2, -0.15) is 5.10 Å². The molecule has 0 fully saturated rings. The zero-order valence-electron chi connectivity index (χ0n) is 15.9. The standard InChI is InChI=1S/C19H23N7OS/c1-12-10-13(2)26(24-12)18-22-23-19(25(18)20)28-11-17(27)21-16-9-5-7-14-6-3-4-8-15(14)16/h3-4,6,8,10,16H,5,7,9,11,20H2,1-2H3,(H,21,27)/t16-/m1/s1. The number of aryl methyl sites for hydroxylation is 3. The van der Waals surface area contributed by atoms with Crippen LogP contribution in [-0.4, -0.2) is 36.3 Å². The van der Waals surface area contributed by atoms with E-state index in [1.165, 1.54) is 27.6 Å². The Morgan fingerprint density at radius 3 is 2.93 bits per heavy atom. The van der Waals surface area contributed by atoms with Crippen LogP contribution in [-0.2, 0) is 11.2 Å². The van der Waals surface area contributed by atoms with E-state index < -0.39 is 0 Å². The van der Waals surface area contributed by atoms with Crippen LogP contribution >= 0.6 is 11.8 Å². The fraction of sp³-hybridized carbons (Fsp3) is 0.368. The number of thioether (sulfide) groups is 1. The van der Waals surface area contributed by atoms with Crippen LogP contribution in [0, 0.1) is 13.8 Å². The largest absolute Gasteiger partial charge is 0.349 e. The van der Waals surface area contributed by atoms with Gasteiger partial charge in [0.2, 0.25) is 11.1 Å². The molecule has 1 aromatic carbocycles. The predicted molar refractivity (Wildman–Crippen MR) is 108 cm³/mol. The van der Waals surface area contributed by atoms with Crippen molar-refractivity contribution in [1.29, 1.82) is 0 Å². The second-order valence-electron chi connectivity index (χ2n) is 6.99. The summed E-state index contributed by atoms with van der Waals surface area (Å²) >= 11 is 1.26. The normalized spacial score (nSPS) is 16.0. The number of nitrogens with two attached hydrogens (primary N) is 1. The summed E-state index contributed by atoms with van der Waals surface area (Å²) in [6.45, 7) is 3.83. The summed E-state index contributed by atoms with van der Waals surface area (Å²) in [4.78, 5) is 12.5. The van der Waals surface area contributed by atoms with E-state index in [1.54, 1.807) is 4.68 Å². The van der Waals surface area contributed by atoms with Gasteiger partial charge in [0.1, 0.15) is 0 Å². The van der Waals surface area contributed by atoms with Gasteiger partial charge in [0, 0.05) is 5.69 Å². The number of aromatic nitrogens is 5. The number of rotatable bonds is 5. The lowest BCUT2D eigenvalue weighted by Gasteiger charge is -2.26. The van der Waals surface area contributed by atoms with Crippen molar-refractivity contribution in [3.8, 4) is 5.95 Å². The Morgan fingerprint density at radius 1 is 1.32 bits per heavy atom. The number of benzene rings is 1. The summed E-state index contributed by atoms with van der Waals surface area (Å²) in [5.74, 6) is 6.74. The van der Waals surface area contributed by atoms with E-state index >= 15 is 0 Å². The van der Waals surface area contributed by atoms with Crippen LogP contribution in [0.15, 0.2) is 35.5 Å². The zero-order valence-corrected chi connectivity index (χ0v) is 16.7. The highest BCUT2D eigenvalue weighted by Gasteiger charge is 2.22. The SMILES string of the molecule is Cc1cc(C)n(-c2nnc(SCC(=O)N[C@@H]3CCCc4ccccc43)n2N)n1. The Labute approximate surface area is 167 Å². The third-order valence-electron chi connectivity index (χ3n) is 4.88. The molecule has 2 heterocycles. The third-order valence-corrected chi connectivity index (χ3v) is 5.83. The molecule has 0 saturated heterocycles. The number of nitrogens with zero attached hydrogens (tertiary/aromatic N) is 5. The monoisotopic (exact) mass is 397 g/mol. The van der Waals surface area contributed by atoms with Crippen molar-refractivity contribution in [3.63, 3.8) is 0 Å². The minimum Gasteiger partial charge on any atom is -0.349 e. The molecule has 0 bridgehead atoms. The number of amides is 1. The maximum absolute atomic E-state index is 12.5. The van der Waals surface area contributed by atoms with Crippen LogP contribution in [0.25, 0.3) is 5.95 Å². The van der Waals surface area contributed by atoms with Gasteiger partial charge in [-0.15, -0.1) is 10.2 Å². The Hall–Kier alpha value is -2.81. The van der Waals surface area contributed by atoms with E-state index in [2.05, 4.69) is 32.7 Å². The van der Waals surface area contributed by atoms with Gasteiger partial charge in [0.05, 0.1) is 17.5 Å². The highest BCUT2D eigenvalue weighted by molar-refractivity contribution is 7.99. The Bertz CT molecular complexity index is 1010. The molecule has 8 nitrogen and oxygen atoms in total. The van der Waals surface area contributed by atoms with E-state index in [0.29, 0.717) is 11.1 Å². The van der Waals surface area contributed by atoms with Gasteiger partial charge < -0.3 is 11.2 Å². The summed E-state index contributed by atoms with van der Waals surface area (Å²) in [7, 11) is 0. The molecule has 28 heavy (non-hydrogen) atoms. The molecule has 1 atom stereocenters. The fourth-order valence-corrected chi connectivity index (χ4v) is 4.28. The fourth-order valence-electron chi connectivity index (χ4n) is 3.61. The van der Waals surface area contributed by atoms with Gasteiger partial charge in [-0.05, 0) is 50.3 Å². The third kappa shape index (κ3) is 3.62. The molecule has 1 aliphatic rings. The predicted octanol–water partition coefficient (Wildman–Crippen LogP) is 2.08. The first kappa shape index (κ1) is 18.5.